The molecule has 0 spiro atoms. The SMILES string of the molecule is CNCC(C)(C)NCc1ccc2c(c1)CCO2. The van der Waals surface area contributed by atoms with Gasteiger partial charge in [0.25, 0.3) is 0 Å². The Morgan fingerprint density at radius 3 is 2.94 bits per heavy atom. The van der Waals surface area contributed by atoms with Gasteiger partial charge in [0.15, 0.2) is 0 Å². The average Bonchev–Trinajstić information content (AvgIpc) is 2.73. The minimum atomic E-state index is 0.115. The molecule has 3 heteroatoms. The van der Waals surface area contributed by atoms with E-state index >= 15 is 0 Å². The third-order valence-corrected chi connectivity index (χ3v) is 3.14. The number of benzene rings is 1. The molecular formula is C14H22N2O. The molecule has 17 heavy (non-hydrogen) atoms. The lowest BCUT2D eigenvalue weighted by Crippen LogP contribution is -2.46. The van der Waals surface area contributed by atoms with Crippen LogP contribution in [0.25, 0.3) is 0 Å². The fourth-order valence-electron chi connectivity index (χ4n) is 2.20. The van der Waals surface area contributed by atoms with E-state index in [-0.39, 0.29) is 5.54 Å². The molecule has 0 fully saturated rings. The smallest absolute Gasteiger partial charge is 0.122 e. The number of hydrogen-bond donors (Lipinski definition) is 2. The summed E-state index contributed by atoms with van der Waals surface area (Å²) >= 11 is 0. The molecule has 3 nitrogen and oxygen atoms in total. The summed E-state index contributed by atoms with van der Waals surface area (Å²) in [5.74, 6) is 1.06. The summed E-state index contributed by atoms with van der Waals surface area (Å²) in [5.41, 5.74) is 2.79. The van der Waals surface area contributed by atoms with E-state index in [9.17, 15) is 0 Å². The maximum Gasteiger partial charge on any atom is 0.122 e. The van der Waals surface area contributed by atoms with E-state index in [1.807, 2.05) is 7.05 Å². The Labute approximate surface area is 104 Å². The van der Waals surface area contributed by atoms with Gasteiger partial charge >= 0.3 is 0 Å². The highest BCUT2D eigenvalue weighted by Gasteiger charge is 2.16. The van der Waals surface area contributed by atoms with Crippen LogP contribution in [0.15, 0.2) is 18.2 Å². The van der Waals surface area contributed by atoms with Crippen molar-refractivity contribution in [3.05, 3.63) is 29.3 Å². The number of rotatable bonds is 5. The second-order valence-electron chi connectivity index (χ2n) is 5.31. The molecule has 0 bridgehead atoms. The summed E-state index contributed by atoms with van der Waals surface area (Å²) in [5, 5.41) is 6.77. The third-order valence-electron chi connectivity index (χ3n) is 3.14. The van der Waals surface area contributed by atoms with Crippen LogP contribution in [0, 0.1) is 0 Å². The van der Waals surface area contributed by atoms with Gasteiger partial charge in [-0.05, 0) is 38.1 Å². The second-order valence-corrected chi connectivity index (χ2v) is 5.31. The molecule has 0 saturated carbocycles. The van der Waals surface area contributed by atoms with Crippen molar-refractivity contribution in [3.63, 3.8) is 0 Å². The van der Waals surface area contributed by atoms with Crippen LogP contribution in [0.5, 0.6) is 5.75 Å². The molecular weight excluding hydrogens is 212 g/mol. The van der Waals surface area contributed by atoms with Crippen LogP contribution in [0.1, 0.15) is 25.0 Å². The first-order valence-corrected chi connectivity index (χ1v) is 6.25. The van der Waals surface area contributed by atoms with Gasteiger partial charge in [-0.2, -0.15) is 0 Å². The van der Waals surface area contributed by atoms with Gasteiger partial charge in [0, 0.05) is 25.0 Å². The molecule has 0 aromatic heterocycles. The zero-order valence-electron chi connectivity index (χ0n) is 11.0. The Hall–Kier alpha value is -1.06. The third kappa shape index (κ3) is 3.20. The molecule has 0 unspecified atom stereocenters. The van der Waals surface area contributed by atoms with Crippen molar-refractivity contribution in [2.45, 2.75) is 32.4 Å². The molecule has 0 aliphatic carbocycles. The molecule has 1 aliphatic rings. The van der Waals surface area contributed by atoms with Gasteiger partial charge < -0.3 is 15.4 Å². The summed E-state index contributed by atoms with van der Waals surface area (Å²) < 4.78 is 5.51. The van der Waals surface area contributed by atoms with Crippen LogP contribution in [-0.4, -0.2) is 25.7 Å². The Balaban J connectivity index is 1.95. The van der Waals surface area contributed by atoms with Gasteiger partial charge in [0.05, 0.1) is 6.61 Å². The molecule has 1 aromatic carbocycles. The van der Waals surface area contributed by atoms with E-state index in [2.05, 4.69) is 42.7 Å². The van der Waals surface area contributed by atoms with Crippen molar-refractivity contribution < 1.29 is 4.74 Å². The van der Waals surface area contributed by atoms with Crippen molar-refractivity contribution in [2.75, 3.05) is 20.2 Å². The summed E-state index contributed by atoms with van der Waals surface area (Å²) in [6.45, 7) is 7.11. The van der Waals surface area contributed by atoms with Crippen molar-refractivity contribution in [1.82, 2.24) is 10.6 Å². The summed E-state index contributed by atoms with van der Waals surface area (Å²) in [4.78, 5) is 0. The zero-order valence-corrected chi connectivity index (χ0v) is 11.0. The normalized spacial score (nSPS) is 14.5. The maximum atomic E-state index is 5.51. The van der Waals surface area contributed by atoms with E-state index in [0.29, 0.717) is 0 Å². The van der Waals surface area contributed by atoms with Gasteiger partial charge in [-0.25, -0.2) is 0 Å². The minimum Gasteiger partial charge on any atom is -0.493 e. The largest absolute Gasteiger partial charge is 0.493 e. The lowest BCUT2D eigenvalue weighted by Gasteiger charge is -2.26. The predicted molar refractivity (Wildman–Crippen MR) is 70.5 cm³/mol. The number of nitrogens with one attached hydrogen (secondary N) is 2. The van der Waals surface area contributed by atoms with Crippen molar-refractivity contribution in [2.24, 2.45) is 0 Å². The fourth-order valence-corrected chi connectivity index (χ4v) is 2.20. The molecule has 0 radical (unpaired) electrons. The average molecular weight is 234 g/mol. The molecule has 2 rings (SSSR count). The highest BCUT2D eigenvalue weighted by Crippen LogP contribution is 2.25. The number of hydrogen-bond acceptors (Lipinski definition) is 3. The topological polar surface area (TPSA) is 33.3 Å². The van der Waals surface area contributed by atoms with Gasteiger partial charge in [-0.1, -0.05) is 12.1 Å². The van der Waals surface area contributed by atoms with Gasteiger partial charge in [0.1, 0.15) is 5.75 Å². The predicted octanol–water partition coefficient (Wildman–Crippen LogP) is 1.71. The van der Waals surface area contributed by atoms with E-state index in [4.69, 9.17) is 4.74 Å². The van der Waals surface area contributed by atoms with Crippen LogP contribution >= 0.6 is 0 Å². The van der Waals surface area contributed by atoms with Crippen LogP contribution < -0.4 is 15.4 Å². The standard InChI is InChI=1S/C14H22N2O/c1-14(2,10-15-3)16-9-11-4-5-13-12(8-11)6-7-17-13/h4-5,8,15-16H,6-7,9-10H2,1-3H3. The van der Waals surface area contributed by atoms with E-state index in [1.165, 1.54) is 11.1 Å². The van der Waals surface area contributed by atoms with Crippen molar-refractivity contribution in [3.8, 4) is 5.75 Å². The number of fused-ring (bicyclic) bond motifs is 1. The molecule has 94 valence electrons. The van der Waals surface area contributed by atoms with Gasteiger partial charge in [-0.15, -0.1) is 0 Å². The Bertz CT molecular complexity index is 388. The lowest BCUT2D eigenvalue weighted by molar-refractivity contribution is 0.356. The Morgan fingerprint density at radius 2 is 2.18 bits per heavy atom. The Morgan fingerprint density at radius 1 is 1.35 bits per heavy atom. The fraction of sp³-hybridized carbons (Fsp3) is 0.571. The van der Waals surface area contributed by atoms with Gasteiger partial charge in [-0.3, -0.25) is 0 Å². The number of likely N-dealkylation sites (N-methyl/N-ethyl adjacent to an activating group) is 1. The van der Waals surface area contributed by atoms with E-state index < -0.39 is 0 Å². The first kappa shape index (κ1) is 12.4. The van der Waals surface area contributed by atoms with Crippen LogP contribution in [-0.2, 0) is 13.0 Å². The zero-order chi connectivity index (χ0) is 12.3. The summed E-state index contributed by atoms with van der Waals surface area (Å²) in [6, 6.07) is 6.49. The Kier molecular flexibility index (Phi) is 3.69. The highest BCUT2D eigenvalue weighted by atomic mass is 16.5. The molecule has 0 atom stereocenters. The van der Waals surface area contributed by atoms with Crippen molar-refractivity contribution >= 4 is 0 Å². The maximum absolute atomic E-state index is 5.51. The molecule has 1 aromatic rings. The van der Waals surface area contributed by atoms with E-state index in [1.54, 1.807) is 0 Å². The first-order valence-electron chi connectivity index (χ1n) is 6.25. The molecule has 1 heterocycles. The minimum absolute atomic E-state index is 0.115. The molecule has 0 saturated heterocycles. The van der Waals surface area contributed by atoms with E-state index in [0.717, 1.165) is 31.9 Å². The van der Waals surface area contributed by atoms with Crippen LogP contribution in [0.3, 0.4) is 0 Å². The quantitative estimate of drug-likeness (QED) is 0.813. The molecule has 1 aliphatic heterocycles. The van der Waals surface area contributed by atoms with Crippen molar-refractivity contribution in [1.29, 1.82) is 0 Å². The second kappa shape index (κ2) is 5.07. The van der Waals surface area contributed by atoms with Gasteiger partial charge in [0.2, 0.25) is 0 Å². The van der Waals surface area contributed by atoms with Crippen LogP contribution in [0.2, 0.25) is 0 Å². The summed E-state index contributed by atoms with van der Waals surface area (Å²) in [7, 11) is 1.98. The lowest BCUT2D eigenvalue weighted by atomic mass is 10.0. The highest BCUT2D eigenvalue weighted by molar-refractivity contribution is 5.39. The van der Waals surface area contributed by atoms with Crippen LogP contribution in [0.4, 0.5) is 0 Å². The first-order chi connectivity index (χ1) is 8.11. The number of ether oxygens (including phenoxy) is 1. The molecule has 0 amide bonds. The monoisotopic (exact) mass is 234 g/mol. The molecule has 2 N–H and O–H groups in total. The summed E-state index contributed by atoms with van der Waals surface area (Å²) in [6.07, 6.45) is 1.04.